The summed E-state index contributed by atoms with van der Waals surface area (Å²) in [4.78, 5) is 12.4. The molecule has 0 radical (unpaired) electrons. The normalized spacial score (nSPS) is 21.9. The second-order valence-electron chi connectivity index (χ2n) is 6.15. The van der Waals surface area contributed by atoms with Crippen LogP contribution in [0.2, 0.25) is 0 Å². The first-order valence-corrected chi connectivity index (χ1v) is 9.58. The summed E-state index contributed by atoms with van der Waals surface area (Å²) in [5.41, 5.74) is 1.88. The molecule has 1 aliphatic heterocycles. The summed E-state index contributed by atoms with van der Waals surface area (Å²) in [5.74, 6) is -0.415. The Hall–Kier alpha value is -1.77. The average molecular weight is 394 g/mol. The van der Waals surface area contributed by atoms with E-state index in [0.717, 1.165) is 11.1 Å². The van der Waals surface area contributed by atoms with Gasteiger partial charge in [0.05, 0.1) is 59.5 Å². The summed E-state index contributed by atoms with van der Waals surface area (Å²) in [6.45, 7) is 7.88. The number of carbonyl (C=O) groups is 1. The van der Waals surface area contributed by atoms with Crippen molar-refractivity contribution in [2.45, 2.75) is 25.7 Å². The zero-order chi connectivity index (χ0) is 19.9. The van der Waals surface area contributed by atoms with Crippen molar-refractivity contribution in [1.29, 1.82) is 0 Å². The third-order valence-electron chi connectivity index (χ3n) is 4.05. The lowest BCUT2D eigenvalue weighted by Gasteiger charge is -2.17. The maximum Gasteiger partial charge on any atom is 0.335 e. The molecule has 7 nitrogen and oxygen atoms in total. The minimum atomic E-state index is -0.691. The largest absolute Gasteiger partial charge is 0.459 e. The number of benzene rings is 1. The predicted molar refractivity (Wildman–Crippen MR) is 103 cm³/mol. The monoisotopic (exact) mass is 394 g/mol. The van der Waals surface area contributed by atoms with Crippen LogP contribution in [0.5, 0.6) is 0 Å². The van der Waals surface area contributed by atoms with Crippen molar-refractivity contribution < 1.29 is 33.2 Å². The first-order chi connectivity index (χ1) is 13.8. The molecule has 1 heterocycles. The molecule has 28 heavy (non-hydrogen) atoms. The Kier molecular flexibility index (Phi) is 11.5. The van der Waals surface area contributed by atoms with Gasteiger partial charge in [-0.05, 0) is 11.1 Å². The van der Waals surface area contributed by atoms with E-state index in [9.17, 15) is 4.79 Å². The molecule has 1 aromatic rings. The van der Waals surface area contributed by atoms with Gasteiger partial charge >= 0.3 is 5.97 Å². The standard InChI is InChI=1S/C21H30O7/c1-2-5-20-21(22)28-17-19-7-4-3-6-18(19)16-26-13-12-24-9-8-23-10-11-25-14-15-27-20/h2-4,6-7,20H,1,5,8-17H2. The smallest absolute Gasteiger partial charge is 0.335 e. The van der Waals surface area contributed by atoms with Gasteiger partial charge in [-0.25, -0.2) is 4.79 Å². The number of fused-ring (bicyclic) bond motifs is 1. The van der Waals surface area contributed by atoms with Crippen LogP contribution in [0.3, 0.4) is 0 Å². The van der Waals surface area contributed by atoms with Gasteiger partial charge in [0.15, 0.2) is 6.10 Å². The van der Waals surface area contributed by atoms with Crippen LogP contribution >= 0.6 is 0 Å². The van der Waals surface area contributed by atoms with E-state index in [4.69, 9.17) is 28.4 Å². The summed E-state index contributed by atoms with van der Waals surface area (Å²) >= 11 is 0. The number of ether oxygens (including phenoxy) is 6. The molecule has 0 fully saturated rings. The van der Waals surface area contributed by atoms with Gasteiger partial charge in [0, 0.05) is 6.42 Å². The lowest BCUT2D eigenvalue weighted by molar-refractivity contribution is -0.159. The Labute approximate surface area is 166 Å². The highest BCUT2D eigenvalue weighted by atomic mass is 16.6. The van der Waals surface area contributed by atoms with Crippen molar-refractivity contribution in [1.82, 2.24) is 0 Å². The van der Waals surface area contributed by atoms with E-state index in [0.29, 0.717) is 65.9 Å². The molecule has 0 saturated carbocycles. The van der Waals surface area contributed by atoms with Gasteiger partial charge in [0.1, 0.15) is 6.61 Å². The van der Waals surface area contributed by atoms with Crippen molar-refractivity contribution >= 4 is 5.97 Å². The number of hydrogen-bond donors (Lipinski definition) is 0. The van der Waals surface area contributed by atoms with Crippen LogP contribution in [0.15, 0.2) is 36.9 Å². The third-order valence-corrected chi connectivity index (χ3v) is 4.05. The molecule has 156 valence electrons. The number of carbonyl (C=O) groups excluding carboxylic acids is 1. The van der Waals surface area contributed by atoms with E-state index >= 15 is 0 Å². The van der Waals surface area contributed by atoms with E-state index in [1.54, 1.807) is 6.08 Å². The van der Waals surface area contributed by atoms with Gasteiger partial charge in [-0.2, -0.15) is 0 Å². The minimum absolute atomic E-state index is 0.166. The minimum Gasteiger partial charge on any atom is -0.459 e. The zero-order valence-electron chi connectivity index (χ0n) is 16.3. The van der Waals surface area contributed by atoms with Gasteiger partial charge in [-0.3, -0.25) is 0 Å². The second-order valence-corrected chi connectivity index (χ2v) is 6.15. The first kappa shape index (κ1) is 22.5. The van der Waals surface area contributed by atoms with Crippen LogP contribution in [0.25, 0.3) is 0 Å². The lowest BCUT2D eigenvalue weighted by Crippen LogP contribution is -2.28. The molecule has 0 N–H and O–H groups in total. The molecule has 1 aliphatic rings. The summed E-state index contributed by atoms with van der Waals surface area (Å²) in [5, 5.41) is 0. The van der Waals surface area contributed by atoms with Crippen LogP contribution in [-0.2, 0) is 46.4 Å². The Morgan fingerprint density at radius 2 is 1.36 bits per heavy atom. The topological polar surface area (TPSA) is 72.5 Å². The molecule has 1 aromatic carbocycles. The molecule has 0 aliphatic carbocycles. The van der Waals surface area contributed by atoms with E-state index in [2.05, 4.69) is 6.58 Å². The Morgan fingerprint density at radius 3 is 1.96 bits per heavy atom. The van der Waals surface area contributed by atoms with Crippen LogP contribution in [0.4, 0.5) is 0 Å². The number of esters is 1. The molecule has 1 unspecified atom stereocenters. The van der Waals surface area contributed by atoms with Crippen molar-refractivity contribution in [2.24, 2.45) is 0 Å². The first-order valence-electron chi connectivity index (χ1n) is 9.58. The predicted octanol–water partition coefficient (Wildman–Crippen LogP) is 2.27. The molecular weight excluding hydrogens is 364 g/mol. The molecule has 0 spiro atoms. The molecule has 7 heteroatoms. The highest BCUT2D eigenvalue weighted by Crippen LogP contribution is 2.13. The van der Waals surface area contributed by atoms with Crippen LogP contribution in [0.1, 0.15) is 17.5 Å². The van der Waals surface area contributed by atoms with E-state index < -0.39 is 12.1 Å². The quantitative estimate of drug-likeness (QED) is 0.563. The molecule has 0 amide bonds. The molecular formula is C21H30O7. The van der Waals surface area contributed by atoms with Gasteiger partial charge in [-0.15, -0.1) is 6.58 Å². The number of hydrogen-bond acceptors (Lipinski definition) is 7. The Morgan fingerprint density at radius 1 is 0.821 bits per heavy atom. The lowest BCUT2D eigenvalue weighted by atomic mass is 10.1. The van der Waals surface area contributed by atoms with Gasteiger partial charge in [-0.1, -0.05) is 30.3 Å². The number of rotatable bonds is 2. The van der Waals surface area contributed by atoms with E-state index in [1.807, 2.05) is 24.3 Å². The van der Waals surface area contributed by atoms with Crippen LogP contribution in [0, 0.1) is 0 Å². The molecule has 0 saturated heterocycles. The maximum absolute atomic E-state index is 12.4. The summed E-state index contributed by atoms with van der Waals surface area (Å²) in [7, 11) is 0. The second kappa shape index (κ2) is 14.3. The van der Waals surface area contributed by atoms with E-state index in [1.165, 1.54) is 0 Å². The van der Waals surface area contributed by atoms with Crippen molar-refractivity contribution in [3.8, 4) is 0 Å². The van der Waals surface area contributed by atoms with Crippen LogP contribution < -0.4 is 0 Å². The van der Waals surface area contributed by atoms with Crippen molar-refractivity contribution in [3.05, 3.63) is 48.0 Å². The van der Waals surface area contributed by atoms with Crippen molar-refractivity contribution in [2.75, 3.05) is 52.9 Å². The number of cyclic esters (lactones) is 1. The molecule has 1 atom stereocenters. The van der Waals surface area contributed by atoms with Crippen molar-refractivity contribution in [3.63, 3.8) is 0 Å². The maximum atomic E-state index is 12.4. The summed E-state index contributed by atoms with van der Waals surface area (Å²) in [6.07, 6.45) is 1.33. The van der Waals surface area contributed by atoms with Gasteiger partial charge in [0.25, 0.3) is 0 Å². The fraction of sp³-hybridized carbons (Fsp3) is 0.571. The van der Waals surface area contributed by atoms with Gasteiger partial charge in [0.2, 0.25) is 0 Å². The highest BCUT2D eigenvalue weighted by Gasteiger charge is 2.20. The SMILES string of the molecule is C=CCC1OCCOCCOCCOCCOCc2ccccc2COC1=O. The Balaban J connectivity index is 1.94. The molecule has 2 rings (SSSR count). The summed E-state index contributed by atoms with van der Waals surface area (Å²) in [6, 6.07) is 7.71. The van der Waals surface area contributed by atoms with Gasteiger partial charge < -0.3 is 28.4 Å². The fourth-order valence-electron chi connectivity index (χ4n) is 2.56. The Bertz CT molecular complexity index is 576. The zero-order valence-corrected chi connectivity index (χ0v) is 16.3. The molecule has 0 bridgehead atoms. The highest BCUT2D eigenvalue weighted by molar-refractivity contribution is 5.74. The average Bonchev–Trinajstić information content (AvgIpc) is 2.71. The summed E-state index contributed by atoms with van der Waals surface area (Å²) < 4.78 is 33.1. The third kappa shape index (κ3) is 8.95. The van der Waals surface area contributed by atoms with E-state index in [-0.39, 0.29) is 6.61 Å². The van der Waals surface area contributed by atoms with Crippen LogP contribution in [-0.4, -0.2) is 64.9 Å². The fourth-order valence-corrected chi connectivity index (χ4v) is 2.56. The molecule has 0 aromatic heterocycles.